The first kappa shape index (κ1) is 15.2. The molecule has 0 atom stereocenters. The summed E-state index contributed by atoms with van der Waals surface area (Å²) in [5.74, 6) is -0.735. The third-order valence-electron chi connectivity index (χ3n) is 2.86. The number of benzene rings is 1. The summed E-state index contributed by atoms with van der Waals surface area (Å²) in [5.41, 5.74) is 3.13. The maximum Gasteiger partial charge on any atom is 0.338 e. The van der Waals surface area contributed by atoms with Crippen molar-refractivity contribution in [1.29, 1.82) is 0 Å². The highest BCUT2D eigenvalue weighted by atomic mass is 16.5. The summed E-state index contributed by atoms with van der Waals surface area (Å²) in [6.45, 7) is 8.02. The van der Waals surface area contributed by atoms with Gasteiger partial charge in [-0.15, -0.1) is 0 Å². The molecule has 0 unspecified atom stereocenters. The molecule has 0 aliphatic rings. The van der Waals surface area contributed by atoms with E-state index >= 15 is 0 Å². The molecule has 0 aliphatic heterocycles. The Morgan fingerprint density at radius 1 is 1.00 bits per heavy atom. The SMILES string of the molecule is CCOC(=O)Cc1cc(C)c(C)cc1C(=O)OCC. The molecule has 0 heterocycles. The molecule has 0 saturated carbocycles. The lowest BCUT2D eigenvalue weighted by Crippen LogP contribution is -2.14. The van der Waals surface area contributed by atoms with E-state index in [1.165, 1.54) is 0 Å². The number of ether oxygens (including phenoxy) is 2. The molecule has 104 valence electrons. The Bertz CT molecular complexity index is 477. The molecule has 4 heteroatoms. The second-order valence-corrected chi connectivity index (χ2v) is 4.30. The van der Waals surface area contributed by atoms with Gasteiger partial charge in [-0.1, -0.05) is 6.07 Å². The maximum atomic E-state index is 11.9. The number of carbonyl (C=O) groups excluding carboxylic acids is 2. The first-order valence-electron chi connectivity index (χ1n) is 6.42. The van der Waals surface area contributed by atoms with Crippen LogP contribution in [0.25, 0.3) is 0 Å². The number of carbonyl (C=O) groups is 2. The van der Waals surface area contributed by atoms with Crippen LogP contribution in [0.1, 0.15) is 40.9 Å². The molecule has 1 aromatic rings. The molecule has 0 aromatic heterocycles. The predicted octanol–water partition coefficient (Wildman–Crippen LogP) is 2.59. The molecule has 1 aromatic carbocycles. The predicted molar refractivity (Wildman–Crippen MR) is 72.2 cm³/mol. The first-order valence-corrected chi connectivity index (χ1v) is 6.42. The highest BCUT2D eigenvalue weighted by molar-refractivity contribution is 5.93. The zero-order chi connectivity index (χ0) is 14.4. The summed E-state index contributed by atoms with van der Waals surface area (Å²) < 4.78 is 9.93. The van der Waals surface area contributed by atoms with Crippen molar-refractivity contribution in [3.05, 3.63) is 34.4 Å². The van der Waals surface area contributed by atoms with Crippen LogP contribution in [0.2, 0.25) is 0 Å². The van der Waals surface area contributed by atoms with Gasteiger partial charge >= 0.3 is 11.9 Å². The smallest absolute Gasteiger partial charge is 0.338 e. The minimum Gasteiger partial charge on any atom is -0.466 e. The van der Waals surface area contributed by atoms with Crippen LogP contribution in [-0.2, 0) is 20.7 Å². The Morgan fingerprint density at radius 2 is 1.58 bits per heavy atom. The Hall–Kier alpha value is -1.84. The van der Waals surface area contributed by atoms with E-state index in [0.717, 1.165) is 11.1 Å². The highest BCUT2D eigenvalue weighted by Gasteiger charge is 2.17. The minimum absolute atomic E-state index is 0.0864. The summed E-state index contributed by atoms with van der Waals surface area (Å²) in [6, 6.07) is 3.61. The normalized spacial score (nSPS) is 10.1. The van der Waals surface area contributed by atoms with Gasteiger partial charge in [0.15, 0.2) is 0 Å². The fourth-order valence-electron chi connectivity index (χ4n) is 1.79. The molecule has 0 bridgehead atoms. The number of hydrogen-bond acceptors (Lipinski definition) is 4. The van der Waals surface area contributed by atoms with Crippen molar-refractivity contribution in [3.63, 3.8) is 0 Å². The Morgan fingerprint density at radius 3 is 2.16 bits per heavy atom. The van der Waals surface area contributed by atoms with Crippen molar-refractivity contribution >= 4 is 11.9 Å². The summed E-state index contributed by atoms with van der Waals surface area (Å²) in [4.78, 5) is 23.5. The van der Waals surface area contributed by atoms with Crippen LogP contribution in [0, 0.1) is 13.8 Å². The molecule has 1 rings (SSSR count). The minimum atomic E-state index is -0.398. The van der Waals surface area contributed by atoms with Gasteiger partial charge in [-0.25, -0.2) is 4.79 Å². The van der Waals surface area contributed by atoms with Gasteiger partial charge in [-0.3, -0.25) is 4.79 Å². The number of hydrogen-bond donors (Lipinski definition) is 0. The summed E-state index contributed by atoms with van der Waals surface area (Å²) >= 11 is 0. The lowest BCUT2D eigenvalue weighted by Gasteiger charge is -2.11. The van der Waals surface area contributed by atoms with Gasteiger partial charge in [0.2, 0.25) is 0 Å². The average molecular weight is 264 g/mol. The number of rotatable bonds is 5. The van der Waals surface area contributed by atoms with E-state index in [9.17, 15) is 9.59 Å². The van der Waals surface area contributed by atoms with Crippen LogP contribution >= 0.6 is 0 Å². The van der Waals surface area contributed by atoms with E-state index in [-0.39, 0.29) is 12.4 Å². The molecule has 0 fully saturated rings. The fourth-order valence-corrected chi connectivity index (χ4v) is 1.79. The van der Waals surface area contributed by atoms with Crippen LogP contribution in [0.3, 0.4) is 0 Å². The topological polar surface area (TPSA) is 52.6 Å². The van der Waals surface area contributed by atoms with Gasteiger partial charge in [0.05, 0.1) is 25.2 Å². The number of aryl methyl sites for hydroxylation is 2. The molecular weight excluding hydrogens is 244 g/mol. The van der Waals surface area contributed by atoms with Crippen LogP contribution in [0.15, 0.2) is 12.1 Å². The lowest BCUT2D eigenvalue weighted by atomic mass is 9.98. The molecule has 19 heavy (non-hydrogen) atoms. The van der Waals surface area contributed by atoms with Crippen LogP contribution in [0.5, 0.6) is 0 Å². The summed E-state index contributed by atoms with van der Waals surface area (Å²) in [5, 5.41) is 0. The summed E-state index contributed by atoms with van der Waals surface area (Å²) in [6.07, 6.45) is 0.0864. The van der Waals surface area contributed by atoms with Crippen molar-refractivity contribution in [1.82, 2.24) is 0 Å². The Balaban J connectivity index is 3.09. The highest BCUT2D eigenvalue weighted by Crippen LogP contribution is 2.18. The summed E-state index contributed by atoms with van der Waals surface area (Å²) in [7, 11) is 0. The molecule has 0 aliphatic carbocycles. The first-order chi connectivity index (χ1) is 8.99. The third-order valence-corrected chi connectivity index (χ3v) is 2.86. The van der Waals surface area contributed by atoms with Gasteiger partial charge in [-0.2, -0.15) is 0 Å². The standard InChI is InChI=1S/C15H20O4/c1-5-18-14(16)9-12-7-10(3)11(4)8-13(12)15(17)19-6-2/h7-8H,5-6,9H2,1-4H3. The largest absolute Gasteiger partial charge is 0.466 e. The molecular formula is C15H20O4. The molecule has 0 N–H and O–H groups in total. The van der Waals surface area contributed by atoms with E-state index in [1.54, 1.807) is 19.9 Å². The van der Waals surface area contributed by atoms with Crippen molar-refractivity contribution in [2.24, 2.45) is 0 Å². The zero-order valence-electron chi connectivity index (χ0n) is 11.9. The van der Waals surface area contributed by atoms with Gasteiger partial charge in [0.1, 0.15) is 0 Å². The van der Waals surface area contributed by atoms with Crippen molar-refractivity contribution in [2.45, 2.75) is 34.1 Å². The van der Waals surface area contributed by atoms with Gasteiger partial charge < -0.3 is 9.47 Å². The monoisotopic (exact) mass is 264 g/mol. The van der Waals surface area contributed by atoms with Crippen LogP contribution in [0.4, 0.5) is 0 Å². The Kier molecular flexibility index (Phi) is 5.55. The van der Waals surface area contributed by atoms with E-state index in [2.05, 4.69) is 0 Å². The quantitative estimate of drug-likeness (QED) is 0.767. The molecule has 0 radical (unpaired) electrons. The van der Waals surface area contributed by atoms with Crippen LogP contribution in [-0.4, -0.2) is 25.2 Å². The molecule has 0 spiro atoms. The fraction of sp³-hybridized carbons (Fsp3) is 0.467. The van der Waals surface area contributed by atoms with Gasteiger partial charge in [0.25, 0.3) is 0 Å². The van der Waals surface area contributed by atoms with E-state index < -0.39 is 5.97 Å². The van der Waals surface area contributed by atoms with Gasteiger partial charge in [0, 0.05) is 0 Å². The van der Waals surface area contributed by atoms with E-state index in [1.807, 2.05) is 19.9 Å². The maximum absolute atomic E-state index is 11.9. The lowest BCUT2D eigenvalue weighted by molar-refractivity contribution is -0.142. The number of esters is 2. The zero-order valence-corrected chi connectivity index (χ0v) is 11.9. The van der Waals surface area contributed by atoms with E-state index in [4.69, 9.17) is 9.47 Å². The average Bonchev–Trinajstić information content (AvgIpc) is 2.34. The second kappa shape index (κ2) is 6.92. The molecule has 4 nitrogen and oxygen atoms in total. The Labute approximate surface area is 113 Å². The third kappa shape index (κ3) is 4.09. The second-order valence-electron chi connectivity index (χ2n) is 4.30. The van der Waals surface area contributed by atoms with Crippen LogP contribution < -0.4 is 0 Å². The molecule has 0 amide bonds. The van der Waals surface area contributed by atoms with Crippen molar-refractivity contribution in [2.75, 3.05) is 13.2 Å². The van der Waals surface area contributed by atoms with Crippen molar-refractivity contribution < 1.29 is 19.1 Å². The molecule has 0 saturated heterocycles. The van der Waals surface area contributed by atoms with Crippen molar-refractivity contribution in [3.8, 4) is 0 Å². The van der Waals surface area contributed by atoms with E-state index in [0.29, 0.717) is 24.3 Å². The van der Waals surface area contributed by atoms with Gasteiger partial charge in [-0.05, 0) is 50.5 Å².